The van der Waals surface area contributed by atoms with Gasteiger partial charge in [-0.2, -0.15) is 0 Å². The molecule has 1 aliphatic carbocycles. The molecule has 0 aromatic heterocycles. The Kier molecular flexibility index (Phi) is 6.14. The van der Waals surface area contributed by atoms with E-state index in [1.165, 1.54) is 0 Å². The first-order valence-electron chi connectivity index (χ1n) is 9.90. The van der Waals surface area contributed by atoms with E-state index in [9.17, 15) is 14.4 Å². The summed E-state index contributed by atoms with van der Waals surface area (Å²) >= 11 is 0. The van der Waals surface area contributed by atoms with Crippen molar-refractivity contribution in [3.05, 3.63) is 35.9 Å². The van der Waals surface area contributed by atoms with Crippen LogP contribution in [0, 0.1) is 11.8 Å². The molecular formula is C21H29N3O3. The third kappa shape index (κ3) is 5.08. The molecule has 3 amide bonds. The van der Waals surface area contributed by atoms with E-state index >= 15 is 0 Å². The van der Waals surface area contributed by atoms with E-state index in [0.717, 1.165) is 25.7 Å². The number of hydrogen-bond donors (Lipinski definition) is 2. The number of piperidine rings is 1. The summed E-state index contributed by atoms with van der Waals surface area (Å²) in [6, 6.07) is 8.36. The average Bonchev–Trinajstić information content (AvgIpc) is 3.51. The van der Waals surface area contributed by atoms with Crippen LogP contribution in [0.25, 0.3) is 0 Å². The lowest BCUT2D eigenvalue weighted by Gasteiger charge is -2.36. The smallest absolute Gasteiger partial charge is 0.251 e. The third-order valence-corrected chi connectivity index (χ3v) is 5.29. The number of carbonyl (C=O) groups is 3. The molecule has 0 unspecified atom stereocenters. The minimum absolute atomic E-state index is 0.00478. The van der Waals surface area contributed by atoms with Gasteiger partial charge in [-0.25, -0.2) is 0 Å². The van der Waals surface area contributed by atoms with E-state index in [1.807, 2.05) is 24.8 Å². The Balaban J connectivity index is 1.65. The highest BCUT2D eigenvalue weighted by Gasteiger charge is 2.38. The molecule has 1 aliphatic heterocycles. The molecule has 146 valence electrons. The van der Waals surface area contributed by atoms with Crippen molar-refractivity contribution in [1.29, 1.82) is 0 Å². The summed E-state index contributed by atoms with van der Waals surface area (Å²) in [5.41, 5.74) is 0.543. The normalized spacial score (nSPS) is 18.9. The van der Waals surface area contributed by atoms with Gasteiger partial charge in [0.2, 0.25) is 11.8 Å². The first kappa shape index (κ1) is 19.4. The van der Waals surface area contributed by atoms with E-state index in [1.54, 1.807) is 24.3 Å². The lowest BCUT2D eigenvalue weighted by molar-refractivity contribution is -0.134. The maximum Gasteiger partial charge on any atom is 0.251 e. The zero-order valence-electron chi connectivity index (χ0n) is 16.1. The maximum atomic E-state index is 12.7. The number of rotatable bonds is 6. The molecule has 2 N–H and O–H groups in total. The molecule has 2 aliphatic rings. The summed E-state index contributed by atoms with van der Waals surface area (Å²) in [5, 5.41) is 5.86. The molecule has 6 heteroatoms. The van der Waals surface area contributed by atoms with Crippen LogP contribution >= 0.6 is 0 Å². The molecule has 6 nitrogen and oxygen atoms in total. The fourth-order valence-corrected chi connectivity index (χ4v) is 3.63. The molecule has 1 aromatic rings. The zero-order valence-corrected chi connectivity index (χ0v) is 16.1. The molecule has 0 radical (unpaired) electrons. The van der Waals surface area contributed by atoms with Crippen LogP contribution in [0.2, 0.25) is 0 Å². The average molecular weight is 371 g/mol. The second-order valence-corrected chi connectivity index (χ2v) is 7.92. The number of amides is 3. The molecule has 1 atom stereocenters. The summed E-state index contributed by atoms with van der Waals surface area (Å²) in [7, 11) is 0. The maximum absolute atomic E-state index is 12.7. The number of benzene rings is 1. The van der Waals surface area contributed by atoms with Crippen LogP contribution in [0.1, 0.15) is 49.9 Å². The highest BCUT2D eigenvalue weighted by atomic mass is 16.2. The number of carbonyl (C=O) groups excluding carboxylic acids is 3. The van der Waals surface area contributed by atoms with Gasteiger partial charge in [0.15, 0.2) is 0 Å². The van der Waals surface area contributed by atoms with Crippen molar-refractivity contribution in [3.8, 4) is 0 Å². The molecule has 1 saturated heterocycles. The first-order valence-corrected chi connectivity index (χ1v) is 9.90. The van der Waals surface area contributed by atoms with Crippen molar-refractivity contribution in [3.63, 3.8) is 0 Å². The molecule has 27 heavy (non-hydrogen) atoms. The second kappa shape index (κ2) is 8.55. The SMILES string of the molecule is CC(C)NC(=O)[C@H](NC(=O)c1ccccc1)C1CCN(C(=O)C2CC2)CC1. The highest BCUT2D eigenvalue weighted by molar-refractivity contribution is 5.97. The Hall–Kier alpha value is -2.37. The molecule has 3 rings (SSSR count). The van der Waals surface area contributed by atoms with Gasteiger partial charge in [-0.15, -0.1) is 0 Å². The third-order valence-electron chi connectivity index (χ3n) is 5.29. The topological polar surface area (TPSA) is 78.5 Å². The molecule has 1 aromatic carbocycles. The Labute approximate surface area is 160 Å². The molecule has 0 spiro atoms. The minimum Gasteiger partial charge on any atom is -0.352 e. The largest absolute Gasteiger partial charge is 0.352 e. The first-order chi connectivity index (χ1) is 13.0. The number of nitrogens with one attached hydrogen (secondary N) is 2. The van der Waals surface area contributed by atoms with Gasteiger partial charge in [-0.05, 0) is 57.6 Å². The van der Waals surface area contributed by atoms with E-state index < -0.39 is 6.04 Å². The number of hydrogen-bond acceptors (Lipinski definition) is 3. The van der Waals surface area contributed by atoms with Crippen LogP contribution in [0.3, 0.4) is 0 Å². The van der Waals surface area contributed by atoms with Gasteiger partial charge >= 0.3 is 0 Å². The summed E-state index contributed by atoms with van der Waals surface area (Å²) < 4.78 is 0. The van der Waals surface area contributed by atoms with Crippen molar-refractivity contribution in [1.82, 2.24) is 15.5 Å². The molecule has 2 fully saturated rings. The Morgan fingerprint density at radius 2 is 1.59 bits per heavy atom. The molecular weight excluding hydrogens is 342 g/mol. The standard InChI is InChI=1S/C21H29N3O3/c1-14(2)22-20(26)18(23-19(25)16-6-4-3-5-7-16)15-10-12-24(13-11-15)21(27)17-8-9-17/h3-7,14-15,17-18H,8-13H2,1-2H3,(H,22,26)(H,23,25)/t18-/m1/s1. The summed E-state index contributed by atoms with van der Waals surface area (Å²) in [6.45, 7) is 5.13. The van der Waals surface area contributed by atoms with Crippen LogP contribution < -0.4 is 10.6 Å². The summed E-state index contributed by atoms with van der Waals surface area (Å²) in [5.74, 6) is 0.112. The van der Waals surface area contributed by atoms with Gasteiger partial charge in [-0.1, -0.05) is 18.2 Å². The van der Waals surface area contributed by atoms with Gasteiger partial charge in [-0.3, -0.25) is 14.4 Å². The monoisotopic (exact) mass is 371 g/mol. The van der Waals surface area contributed by atoms with Crippen molar-refractivity contribution in [2.45, 2.75) is 51.6 Å². The van der Waals surface area contributed by atoms with Crippen LogP contribution in [0.15, 0.2) is 30.3 Å². The molecule has 1 saturated carbocycles. The fraction of sp³-hybridized carbons (Fsp3) is 0.571. The lowest BCUT2D eigenvalue weighted by Crippen LogP contribution is -2.54. The van der Waals surface area contributed by atoms with Crippen molar-refractivity contribution >= 4 is 17.7 Å². The van der Waals surface area contributed by atoms with E-state index in [2.05, 4.69) is 10.6 Å². The summed E-state index contributed by atoms with van der Waals surface area (Å²) in [6.07, 6.45) is 3.46. The minimum atomic E-state index is -0.585. The van der Waals surface area contributed by atoms with E-state index in [-0.39, 0.29) is 35.6 Å². The predicted molar refractivity (Wildman–Crippen MR) is 103 cm³/mol. The number of likely N-dealkylation sites (tertiary alicyclic amines) is 1. The van der Waals surface area contributed by atoms with Gasteiger partial charge in [0.25, 0.3) is 5.91 Å². The molecule has 0 bridgehead atoms. The number of nitrogens with zero attached hydrogens (tertiary/aromatic N) is 1. The van der Waals surface area contributed by atoms with Gasteiger partial charge in [0.05, 0.1) is 0 Å². The predicted octanol–water partition coefficient (Wildman–Crippen LogP) is 1.96. The highest BCUT2D eigenvalue weighted by Crippen LogP contribution is 2.33. The van der Waals surface area contributed by atoms with Gasteiger partial charge in [0.1, 0.15) is 6.04 Å². The Morgan fingerprint density at radius 3 is 2.15 bits per heavy atom. The van der Waals surface area contributed by atoms with Crippen LogP contribution in [-0.2, 0) is 9.59 Å². The Morgan fingerprint density at radius 1 is 0.963 bits per heavy atom. The van der Waals surface area contributed by atoms with Gasteiger partial charge in [0, 0.05) is 30.6 Å². The van der Waals surface area contributed by atoms with E-state index in [4.69, 9.17) is 0 Å². The van der Waals surface area contributed by atoms with Crippen molar-refractivity contribution in [2.24, 2.45) is 11.8 Å². The summed E-state index contributed by atoms with van der Waals surface area (Å²) in [4.78, 5) is 39.5. The Bertz CT molecular complexity index is 677. The van der Waals surface area contributed by atoms with Crippen LogP contribution in [-0.4, -0.2) is 47.8 Å². The van der Waals surface area contributed by atoms with Crippen LogP contribution in [0.4, 0.5) is 0 Å². The van der Waals surface area contributed by atoms with Crippen molar-refractivity contribution < 1.29 is 14.4 Å². The van der Waals surface area contributed by atoms with Crippen molar-refractivity contribution in [2.75, 3.05) is 13.1 Å². The van der Waals surface area contributed by atoms with Gasteiger partial charge < -0.3 is 15.5 Å². The van der Waals surface area contributed by atoms with Crippen LogP contribution in [0.5, 0.6) is 0 Å². The quantitative estimate of drug-likeness (QED) is 0.802. The fourth-order valence-electron chi connectivity index (χ4n) is 3.63. The lowest BCUT2D eigenvalue weighted by atomic mass is 9.88. The second-order valence-electron chi connectivity index (χ2n) is 7.92. The zero-order chi connectivity index (χ0) is 19.4. The molecule has 1 heterocycles. The van der Waals surface area contributed by atoms with E-state index in [0.29, 0.717) is 18.7 Å².